The lowest BCUT2D eigenvalue weighted by Gasteiger charge is -2.27. The Morgan fingerprint density at radius 3 is 2.36 bits per heavy atom. The number of ether oxygens (including phenoxy) is 1. The first-order valence-electron chi connectivity index (χ1n) is 12.1. The second-order valence-corrected chi connectivity index (χ2v) is 11.5. The molecule has 206 valence electrons. The highest BCUT2D eigenvalue weighted by Crippen LogP contribution is 2.36. The highest BCUT2D eigenvalue weighted by molar-refractivity contribution is 9.10. The molecule has 3 aromatic rings. The topological polar surface area (TPSA) is 105 Å². The van der Waals surface area contributed by atoms with Crippen LogP contribution in [0.3, 0.4) is 0 Å². The van der Waals surface area contributed by atoms with E-state index < -0.39 is 17.6 Å². The van der Waals surface area contributed by atoms with Gasteiger partial charge in [0.1, 0.15) is 5.75 Å². The third-order valence-electron chi connectivity index (χ3n) is 6.27. The van der Waals surface area contributed by atoms with E-state index in [4.69, 9.17) is 27.9 Å². The van der Waals surface area contributed by atoms with Crippen LogP contribution in [0.25, 0.3) is 0 Å². The van der Waals surface area contributed by atoms with Crippen LogP contribution in [0.5, 0.6) is 5.75 Å². The molecule has 2 atom stereocenters. The summed E-state index contributed by atoms with van der Waals surface area (Å²) in [4.78, 5) is 36.5. The summed E-state index contributed by atoms with van der Waals surface area (Å²) >= 11 is 15.9. The Balaban J connectivity index is 1.96. The molecule has 0 fully saturated rings. The Morgan fingerprint density at radius 2 is 1.69 bits per heavy atom. The van der Waals surface area contributed by atoms with Crippen molar-refractivity contribution in [3.05, 3.63) is 91.4 Å². The van der Waals surface area contributed by atoms with Crippen LogP contribution >= 0.6 is 39.1 Å². The fraction of sp³-hybridized carbons (Fsp3) is 0.276. The van der Waals surface area contributed by atoms with Gasteiger partial charge in [-0.1, -0.05) is 58.2 Å². The maximum atomic E-state index is 13.5. The predicted molar refractivity (Wildman–Crippen MR) is 157 cm³/mol. The smallest absolute Gasteiger partial charge is 0.347 e. The highest BCUT2D eigenvalue weighted by atomic mass is 79.9. The van der Waals surface area contributed by atoms with E-state index in [0.29, 0.717) is 39.0 Å². The molecule has 0 aromatic heterocycles. The van der Waals surface area contributed by atoms with E-state index in [2.05, 4.69) is 26.6 Å². The van der Waals surface area contributed by atoms with Crippen LogP contribution in [0.1, 0.15) is 61.4 Å². The molecule has 0 heterocycles. The molecule has 39 heavy (non-hydrogen) atoms. The SMILES string of the molecule is Cc1ccc(Cl)cc1C(NC(=O)CC(C)c1cc(Br)ccc1OC(C)(C)C(=O)O)c1ccc(Cl)cc1NC=O. The lowest BCUT2D eigenvalue weighted by atomic mass is 9.92. The van der Waals surface area contributed by atoms with E-state index in [1.807, 2.05) is 26.0 Å². The standard InChI is InChI=1S/C29H29BrCl2N2O5/c1-16-5-7-19(31)13-23(16)27(21-9-8-20(32)14-24(21)33-15-35)34-26(36)11-17(2)22-12-18(30)6-10-25(22)39-29(3,4)28(37)38/h5-10,12-15,17,27H,11H2,1-4H3,(H,33,35)(H,34,36)(H,37,38). The number of amides is 2. The van der Waals surface area contributed by atoms with Crippen LogP contribution in [0.4, 0.5) is 5.69 Å². The van der Waals surface area contributed by atoms with Crippen LogP contribution in [0.15, 0.2) is 59.1 Å². The molecule has 0 saturated heterocycles. The van der Waals surface area contributed by atoms with Gasteiger partial charge >= 0.3 is 5.97 Å². The van der Waals surface area contributed by atoms with Crippen LogP contribution in [0, 0.1) is 6.92 Å². The van der Waals surface area contributed by atoms with E-state index in [9.17, 15) is 19.5 Å². The maximum Gasteiger partial charge on any atom is 0.347 e. The Bertz CT molecular complexity index is 1400. The number of rotatable bonds is 11. The molecule has 7 nitrogen and oxygen atoms in total. The van der Waals surface area contributed by atoms with Crippen LogP contribution in [-0.2, 0) is 14.4 Å². The third-order valence-corrected chi connectivity index (χ3v) is 7.24. The zero-order chi connectivity index (χ0) is 28.9. The number of carbonyl (C=O) groups excluding carboxylic acids is 2. The monoisotopic (exact) mass is 634 g/mol. The molecule has 3 rings (SSSR count). The highest BCUT2D eigenvalue weighted by Gasteiger charge is 2.31. The zero-order valence-corrected chi connectivity index (χ0v) is 24.9. The number of carboxylic acids is 1. The zero-order valence-electron chi connectivity index (χ0n) is 21.8. The minimum absolute atomic E-state index is 0.0699. The molecule has 2 unspecified atom stereocenters. The number of aryl methyl sites for hydroxylation is 1. The normalized spacial score (nSPS) is 12.8. The first kappa shape index (κ1) is 30.5. The molecule has 2 amide bonds. The Morgan fingerprint density at radius 1 is 1.03 bits per heavy atom. The first-order chi connectivity index (χ1) is 18.3. The summed E-state index contributed by atoms with van der Waals surface area (Å²) < 4.78 is 6.60. The minimum Gasteiger partial charge on any atom is -0.478 e. The molecule has 0 radical (unpaired) electrons. The number of anilines is 1. The third kappa shape index (κ3) is 7.75. The Labute approximate surface area is 246 Å². The van der Waals surface area contributed by atoms with E-state index in [0.717, 1.165) is 15.6 Å². The lowest BCUT2D eigenvalue weighted by Crippen LogP contribution is -2.38. The van der Waals surface area contributed by atoms with Gasteiger partial charge in [-0.3, -0.25) is 9.59 Å². The van der Waals surface area contributed by atoms with Crippen molar-refractivity contribution < 1.29 is 24.2 Å². The lowest BCUT2D eigenvalue weighted by molar-refractivity contribution is -0.152. The van der Waals surface area contributed by atoms with Gasteiger partial charge in [0.05, 0.1) is 6.04 Å². The second kappa shape index (κ2) is 12.9. The maximum absolute atomic E-state index is 13.5. The molecule has 3 aromatic carbocycles. The van der Waals surface area contributed by atoms with Gasteiger partial charge in [0.2, 0.25) is 12.3 Å². The van der Waals surface area contributed by atoms with E-state index in [1.54, 1.807) is 42.5 Å². The molecule has 3 N–H and O–H groups in total. The number of benzene rings is 3. The molecule has 0 spiro atoms. The van der Waals surface area contributed by atoms with Crippen molar-refractivity contribution >= 4 is 63.1 Å². The molecular weight excluding hydrogens is 607 g/mol. The number of nitrogens with one attached hydrogen (secondary N) is 2. The number of halogens is 3. The predicted octanol–water partition coefficient (Wildman–Crippen LogP) is 7.27. The number of aliphatic carboxylic acids is 1. The molecule has 0 aliphatic carbocycles. The molecule has 0 aliphatic heterocycles. The summed E-state index contributed by atoms with van der Waals surface area (Å²) in [6.45, 7) is 6.70. The number of hydrogen-bond donors (Lipinski definition) is 3. The average molecular weight is 636 g/mol. The second-order valence-electron chi connectivity index (χ2n) is 9.70. The van der Waals surface area contributed by atoms with Gasteiger partial charge in [-0.25, -0.2) is 4.79 Å². The van der Waals surface area contributed by atoms with E-state index in [1.165, 1.54) is 13.8 Å². The summed E-state index contributed by atoms with van der Waals surface area (Å²) in [6, 6.07) is 15.0. The fourth-order valence-electron chi connectivity index (χ4n) is 4.14. The summed E-state index contributed by atoms with van der Waals surface area (Å²) in [5, 5.41) is 16.2. The van der Waals surface area contributed by atoms with E-state index >= 15 is 0 Å². The van der Waals surface area contributed by atoms with Crippen LogP contribution in [0.2, 0.25) is 10.0 Å². The van der Waals surface area contributed by atoms with Crippen molar-refractivity contribution in [3.8, 4) is 5.75 Å². The van der Waals surface area contributed by atoms with Crippen LogP contribution < -0.4 is 15.4 Å². The summed E-state index contributed by atoms with van der Waals surface area (Å²) in [5.74, 6) is -1.34. The van der Waals surface area contributed by atoms with Crippen molar-refractivity contribution in [2.24, 2.45) is 0 Å². The van der Waals surface area contributed by atoms with Crippen molar-refractivity contribution in [1.82, 2.24) is 5.32 Å². The summed E-state index contributed by atoms with van der Waals surface area (Å²) in [6.07, 6.45) is 0.620. The Hall–Kier alpha value is -3.07. The molecule has 0 saturated carbocycles. The van der Waals surface area contributed by atoms with Gasteiger partial charge in [-0.05, 0) is 85.8 Å². The quantitative estimate of drug-likeness (QED) is 0.192. The van der Waals surface area contributed by atoms with E-state index in [-0.39, 0.29) is 18.2 Å². The van der Waals surface area contributed by atoms with Crippen molar-refractivity contribution in [2.75, 3.05) is 5.32 Å². The first-order valence-corrected chi connectivity index (χ1v) is 13.6. The van der Waals surface area contributed by atoms with Gasteiger partial charge in [0.15, 0.2) is 5.60 Å². The minimum atomic E-state index is -1.46. The number of hydrogen-bond acceptors (Lipinski definition) is 4. The Kier molecular flexibility index (Phi) is 10.0. The van der Waals surface area contributed by atoms with Gasteiger partial charge < -0.3 is 20.5 Å². The molecule has 0 aliphatic rings. The van der Waals surface area contributed by atoms with Gasteiger partial charge in [-0.15, -0.1) is 0 Å². The molecular formula is C29H29BrCl2N2O5. The average Bonchev–Trinajstić information content (AvgIpc) is 2.85. The number of carboxylic acid groups (broad SMARTS) is 1. The summed E-state index contributed by atoms with van der Waals surface area (Å²) in [7, 11) is 0. The van der Waals surface area contributed by atoms with Gasteiger partial charge in [0.25, 0.3) is 0 Å². The molecule has 0 bridgehead atoms. The van der Waals surface area contributed by atoms with Crippen molar-refractivity contribution in [1.29, 1.82) is 0 Å². The summed E-state index contributed by atoms with van der Waals surface area (Å²) in [5.41, 5.74) is 1.95. The molecule has 10 heteroatoms. The van der Waals surface area contributed by atoms with Gasteiger partial charge in [-0.2, -0.15) is 0 Å². The van der Waals surface area contributed by atoms with Crippen molar-refractivity contribution in [2.45, 2.75) is 51.7 Å². The fourth-order valence-corrected chi connectivity index (χ4v) is 4.87. The number of carbonyl (C=O) groups is 3. The largest absolute Gasteiger partial charge is 0.478 e. The van der Waals surface area contributed by atoms with Crippen LogP contribution in [-0.4, -0.2) is 29.0 Å². The van der Waals surface area contributed by atoms with Crippen molar-refractivity contribution in [3.63, 3.8) is 0 Å². The van der Waals surface area contributed by atoms with Gasteiger partial charge in [0, 0.05) is 32.2 Å².